The number of halogens is 1. The molecule has 1 saturated carbocycles. The van der Waals surface area contributed by atoms with E-state index in [1.165, 1.54) is 19.3 Å². The number of nitrogens with zero attached hydrogens (tertiary/aromatic N) is 1. The van der Waals surface area contributed by atoms with Crippen LogP contribution in [0.3, 0.4) is 0 Å². The summed E-state index contributed by atoms with van der Waals surface area (Å²) in [6.07, 6.45) is 5.42. The van der Waals surface area contributed by atoms with Crippen molar-refractivity contribution >= 4 is 17.3 Å². The van der Waals surface area contributed by atoms with Gasteiger partial charge in [-0.15, -0.1) is 0 Å². The molecule has 1 heterocycles. The van der Waals surface area contributed by atoms with Crippen LogP contribution in [0.1, 0.15) is 33.1 Å². The molecule has 0 bridgehead atoms. The van der Waals surface area contributed by atoms with E-state index in [-0.39, 0.29) is 0 Å². The highest BCUT2D eigenvalue weighted by Crippen LogP contribution is 2.38. The summed E-state index contributed by atoms with van der Waals surface area (Å²) in [5.41, 5.74) is 1.42. The van der Waals surface area contributed by atoms with E-state index in [4.69, 9.17) is 11.6 Å². The Morgan fingerprint density at radius 1 is 1.53 bits per heavy atom. The monoisotopic (exact) mass is 224 g/mol. The maximum Gasteiger partial charge on any atom is 0.152 e. The molecule has 1 unspecified atom stereocenters. The molecule has 1 fully saturated rings. The van der Waals surface area contributed by atoms with Gasteiger partial charge in [0.15, 0.2) is 5.15 Å². The lowest BCUT2D eigenvalue weighted by molar-refractivity contribution is 0.378. The molecule has 1 aliphatic carbocycles. The van der Waals surface area contributed by atoms with Gasteiger partial charge in [0.2, 0.25) is 0 Å². The molecule has 3 heteroatoms. The van der Waals surface area contributed by atoms with Crippen molar-refractivity contribution < 1.29 is 0 Å². The van der Waals surface area contributed by atoms with Crippen LogP contribution in [0.5, 0.6) is 0 Å². The Hall–Kier alpha value is -0.760. The molecule has 1 aromatic heterocycles. The Morgan fingerprint density at radius 2 is 2.33 bits per heavy atom. The second kappa shape index (κ2) is 4.01. The first-order valence-electron chi connectivity index (χ1n) is 5.44. The van der Waals surface area contributed by atoms with Crippen molar-refractivity contribution in [2.45, 2.75) is 39.2 Å². The molecule has 2 rings (SSSR count). The summed E-state index contributed by atoms with van der Waals surface area (Å²) >= 11 is 6.00. The van der Waals surface area contributed by atoms with Crippen LogP contribution in [-0.4, -0.2) is 11.0 Å². The number of aromatic nitrogens is 1. The minimum Gasteiger partial charge on any atom is -0.380 e. The van der Waals surface area contributed by atoms with Gasteiger partial charge >= 0.3 is 0 Å². The van der Waals surface area contributed by atoms with Crippen LogP contribution in [0.4, 0.5) is 5.69 Å². The van der Waals surface area contributed by atoms with Crippen molar-refractivity contribution in [3.8, 4) is 0 Å². The second-order valence-corrected chi connectivity index (χ2v) is 5.45. The van der Waals surface area contributed by atoms with Gasteiger partial charge in [-0.2, -0.15) is 0 Å². The van der Waals surface area contributed by atoms with Crippen LogP contribution < -0.4 is 5.32 Å². The van der Waals surface area contributed by atoms with Crippen LogP contribution >= 0.6 is 11.6 Å². The van der Waals surface area contributed by atoms with Crippen LogP contribution in [-0.2, 0) is 0 Å². The van der Waals surface area contributed by atoms with E-state index in [2.05, 4.69) is 24.1 Å². The van der Waals surface area contributed by atoms with Crippen LogP contribution in [0.25, 0.3) is 0 Å². The lowest BCUT2D eigenvalue weighted by atomic mass is 9.92. The van der Waals surface area contributed by atoms with E-state index in [9.17, 15) is 0 Å². The number of nitrogens with one attached hydrogen (secondary N) is 1. The van der Waals surface area contributed by atoms with Gasteiger partial charge in [0.1, 0.15) is 0 Å². The van der Waals surface area contributed by atoms with Crippen molar-refractivity contribution in [3.05, 3.63) is 23.5 Å². The molecule has 0 radical (unpaired) electrons. The minimum atomic E-state index is 0.465. The maximum absolute atomic E-state index is 6.00. The highest BCUT2D eigenvalue weighted by Gasteiger charge is 2.30. The Morgan fingerprint density at radius 3 is 2.93 bits per heavy atom. The lowest BCUT2D eigenvalue weighted by Gasteiger charge is -2.18. The van der Waals surface area contributed by atoms with Gasteiger partial charge in [0, 0.05) is 12.2 Å². The molecule has 1 aromatic rings. The second-order valence-electron chi connectivity index (χ2n) is 5.09. The maximum atomic E-state index is 6.00. The summed E-state index contributed by atoms with van der Waals surface area (Å²) in [6, 6.07) is 4.44. The molecule has 82 valence electrons. The Balaban J connectivity index is 2.02. The number of hydrogen-bond acceptors (Lipinski definition) is 2. The summed E-state index contributed by atoms with van der Waals surface area (Å²) in [5.74, 6) is 0. The van der Waals surface area contributed by atoms with E-state index in [0.717, 1.165) is 5.69 Å². The fourth-order valence-electron chi connectivity index (χ4n) is 2.27. The smallest absolute Gasteiger partial charge is 0.152 e. The predicted molar refractivity (Wildman–Crippen MR) is 64.3 cm³/mol. The van der Waals surface area contributed by atoms with Crippen molar-refractivity contribution in [1.82, 2.24) is 4.98 Å². The highest BCUT2D eigenvalue weighted by atomic mass is 35.5. The summed E-state index contributed by atoms with van der Waals surface area (Å²) in [7, 11) is 0. The summed E-state index contributed by atoms with van der Waals surface area (Å²) in [6.45, 7) is 4.64. The fraction of sp³-hybridized carbons (Fsp3) is 0.583. The molecule has 0 saturated heterocycles. The number of pyridine rings is 1. The van der Waals surface area contributed by atoms with Crippen LogP contribution in [0.15, 0.2) is 18.3 Å². The van der Waals surface area contributed by atoms with Crippen molar-refractivity contribution in [2.24, 2.45) is 5.41 Å². The molecule has 1 atom stereocenters. The molecule has 0 spiro atoms. The first kappa shape index (κ1) is 10.7. The standard InChI is InChI=1S/C12H17ClN2/c1-12(2)6-5-9(8-12)15-10-4-3-7-14-11(10)13/h3-4,7,9,15H,5-6,8H2,1-2H3. The third-order valence-electron chi connectivity index (χ3n) is 3.09. The molecule has 0 aliphatic heterocycles. The SMILES string of the molecule is CC1(C)CCC(Nc2cccnc2Cl)C1. The average Bonchev–Trinajstić information content (AvgIpc) is 2.50. The Bertz CT molecular complexity index is 349. The minimum absolute atomic E-state index is 0.465. The number of rotatable bonds is 2. The Kier molecular flexibility index (Phi) is 2.87. The third-order valence-corrected chi connectivity index (χ3v) is 3.39. The topological polar surface area (TPSA) is 24.9 Å². The van der Waals surface area contributed by atoms with Gasteiger partial charge in [-0.3, -0.25) is 0 Å². The first-order valence-corrected chi connectivity index (χ1v) is 5.82. The highest BCUT2D eigenvalue weighted by molar-refractivity contribution is 6.31. The molecule has 2 nitrogen and oxygen atoms in total. The Labute approximate surface area is 96.1 Å². The van der Waals surface area contributed by atoms with Gasteiger partial charge in [0.05, 0.1) is 5.69 Å². The zero-order chi connectivity index (χ0) is 10.9. The van der Waals surface area contributed by atoms with Gasteiger partial charge in [-0.1, -0.05) is 25.4 Å². The average molecular weight is 225 g/mol. The van der Waals surface area contributed by atoms with E-state index in [1.807, 2.05) is 12.1 Å². The quantitative estimate of drug-likeness (QED) is 0.775. The molecule has 0 aromatic carbocycles. The molecular weight excluding hydrogens is 208 g/mol. The van der Waals surface area contributed by atoms with Crippen molar-refractivity contribution in [2.75, 3.05) is 5.32 Å². The molecule has 1 N–H and O–H groups in total. The first-order chi connectivity index (χ1) is 7.07. The third kappa shape index (κ3) is 2.63. The van der Waals surface area contributed by atoms with E-state index < -0.39 is 0 Å². The zero-order valence-electron chi connectivity index (χ0n) is 9.26. The van der Waals surface area contributed by atoms with Gasteiger partial charge in [-0.25, -0.2) is 4.98 Å². The summed E-state index contributed by atoms with van der Waals surface area (Å²) in [4.78, 5) is 4.06. The van der Waals surface area contributed by atoms with E-state index in [1.54, 1.807) is 6.20 Å². The van der Waals surface area contributed by atoms with E-state index >= 15 is 0 Å². The predicted octanol–water partition coefficient (Wildman–Crippen LogP) is 3.73. The molecule has 15 heavy (non-hydrogen) atoms. The van der Waals surface area contributed by atoms with E-state index in [0.29, 0.717) is 16.6 Å². The normalized spacial score (nSPS) is 24.1. The summed E-state index contributed by atoms with van der Waals surface area (Å²) in [5, 5.41) is 4.04. The van der Waals surface area contributed by atoms with Gasteiger partial charge in [0.25, 0.3) is 0 Å². The lowest BCUT2D eigenvalue weighted by Crippen LogP contribution is -2.17. The molecule has 0 amide bonds. The van der Waals surface area contributed by atoms with Gasteiger partial charge in [-0.05, 0) is 36.8 Å². The number of hydrogen-bond donors (Lipinski definition) is 1. The van der Waals surface area contributed by atoms with Crippen molar-refractivity contribution in [3.63, 3.8) is 0 Å². The van der Waals surface area contributed by atoms with Gasteiger partial charge < -0.3 is 5.32 Å². The molecular formula is C12H17ClN2. The van der Waals surface area contributed by atoms with Crippen LogP contribution in [0, 0.1) is 5.41 Å². The molecule has 1 aliphatic rings. The fourth-order valence-corrected chi connectivity index (χ4v) is 2.45. The largest absolute Gasteiger partial charge is 0.380 e. The van der Waals surface area contributed by atoms with Crippen molar-refractivity contribution in [1.29, 1.82) is 0 Å². The van der Waals surface area contributed by atoms with Crippen LogP contribution in [0.2, 0.25) is 5.15 Å². The number of anilines is 1. The zero-order valence-corrected chi connectivity index (χ0v) is 10.0. The summed E-state index contributed by atoms with van der Waals surface area (Å²) < 4.78 is 0.